The molecule has 2 N–H and O–H groups in total. The molecule has 384 valence electrons. The highest BCUT2D eigenvalue weighted by molar-refractivity contribution is 6.04. The van der Waals surface area contributed by atoms with Crippen LogP contribution in [-0.2, 0) is 76.3 Å². The van der Waals surface area contributed by atoms with Gasteiger partial charge in [0.25, 0.3) is 0 Å². The van der Waals surface area contributed by atoms with Crippen LogP contribution >= 0.6 is 0 Å². The van der Waals surface area contributed by atoms with E-state index in [2.05, 4.69) is 0 Å². The van der Waals surface area contributed by atoms with Crippen molar-refractivity contribution < 1.29 is 86.5 Å². The Balaban J connectivity index is 1.25. The summed E-state index contributed by atoms with van der Waals surface area (Å²) in [6.07, 6.45) is -9.72. The van der Waals surface area contributed by atoms with Gasteiger partial charge in [-0.1, -0.05) is 41.5 Å². The predicted molar refractivity (Wildman–Crippen MR) is 238 cm³/mol. The third kappa shape index (κ3) is 6.37. The monoisotopic (exact) mass is 980 g/mol. The van der Waals surface area contributed by atoms with E-state index in [1.54, 1.807) is 41.5 Å². The van der Waals surface area contributed by atoms with Gasteiger partial charge in [0.15, 0.2) is 29.1 Å². The van der Waals surface area contributed by atoms with Gasteiger partial charge in [-0.15, -0.1) is 0 Å². The Hall–Kier alpha value is -4.71. The number of fused-ring (bicyclic) bond motifs is 8. The quantitative estimate of drug-likeness (QED) is 0.282. The molecule has 0 aromatic carbocycles. The Kier molecular flexibility index (Phi) is 11.4. The first-order chi connectivity index (χ1) is 32.4. The van der Waals surface area contributed by atoms with E-state index in [-0.39, 0.29) is 57.1 Å². The third-order valence-electron chi connectivity index (χ3n) is 19.7. The molecular weight excluding hydrogens is 913 g/mol. The Morgan fingerprint density at radius 1 is 0.557 bits per heavy atom. The maximum atomic E-state index is 16.5. The third-order valence-corrected chi connectivity index (χ3v) is 19.7. The zero-order valence-corrected chi connectivity index (χ0v) is 42.2. The summed E-state index contributed by atoms with van der Waals surface area (Å²) >= 11 is 0. The summed E-state index contributed by atoms with van der Waals surface area (Å²) in [6.45, 7) is 17.7. The first-order valence-corrected chi connectivity index (χ1v) is 24.8. The highest BCUT2D eigenvalue weighted by Gasteiger charge is 2.85. The number of hydrogen-bond donors (Lipinski definition) is 2. The summed E-state index contributed by atoms with van der Waals surface area (Å²) in [5.74, 6) is -11.6. The number of carbonyl (C=O) groups is 9. The number of allylic oxidation sites excluding steroid dienone is 1. The summed E-state index contributed by atoms with van der Waals surface area (Å²) in [7, 11) is 0. The molecule has 70 heavy (non-hydrogen) atoms. The fourth-order valence-electron chi connectivity index (χ4n) is 18.0. The maximum Gasteiger partial charge on any atom is 0.303 e. The van der Waals surface area contributed by atoms with Crippen LogP contribution in [0.3, 0.4) is 0 Å². The Bertz CT molecular complexity index is 2420. The molecule has 8 aliphatic carbocycles. The van der Waals surface area contributed by atoms with Crippen LogP contribution in [0.25, 0.3) is 0 Å². The van der Waals surface area contributed by atoms with Crippen molar-refractivity contribution in [1.82, 2.24) is 0 Å². The number of aliphatic hydroxyl groups excluding tert-OH is 2. The zero-order chi connectivity index (χ0) is 51.5. The number of ether oxygens (including phenoxy) is 7. The molecule has 18 nitrogen and oxygen atoms in total. The molecule has 4 bridgehead atoms. The maximum absolute atomic E-state index is 16.5. The van der Waals surface area contributed by atoms with E-state index in [1.807, 2.05) is 0 Å². The van der Waals surface area contributed by atoms with Crippen LogP contribution in [-0.4, -0.2) is 118 Å². The van der Waals surface area contributed by atoms with Crippen LogP contribution in [0.4, 0.5) is 0 Å². The van der Waals surface area contributed by atoms with Crippen LogP contribution in [0.5, 0.6) is 0 Å². The molecule has 18 heteroatoms. The molecule has 7 fully saturated rings. The van der Waals surface area contributed by atoms with Crippen LogP contribution in [0.1, 0.15) is 134 Å². The van der Waals surface area contributed by atoms with E-state index < -0.39 is 176 Å². The van der Waals surface area contributed by atoms with Gasteiger partial charge in [0.2, 0.25) is 0 Å². The molecule has 0 aromatic heterocycles. The molecule has 0 unspecified atom stereocenters. The molecule has 3 spiro atoms. The number of rotatable bonds is 6. The second kappa shape index (κ2) is 15.9. The average Bonchev–Trinajstić information content (AvgIpc) is 3.56. The van der Waals surface area contributed by atoms with Crippen LogP contribution < -0.4 is 0 Å². The van der Waals surface area contributed by atoms with Gasteiger partial charge in [0.1, 0.15) is 42.4 Å². The van der Waals surface area contributed by atoms with Crippen molar-refractivity contribution in [3.05, 3.63) is 11.3 Å². The Labute approximate surface area is 406 Å². The van der Waals surface area contributed by atoms with Crippen molar-refractivity contribution in [3.8, 4) is 0 Å². The van der Waals surface area contributed by atoms with E-state index in [0.29, 0.717) is 0 Å². The Morgan fingerprint density at radius 3 is 1.59 bits per heavy atom. The molecule has 0 amide bonds. The van der Waals surface area contributed by atoms with Crippen LogP contribution in [0, 0.1) is 68.0 Å². The molecule has 1 heterocycles. The second-order valence-electron chi connectivity index (χ2n) is 24.0. The molecule has 19 atom stereocenters. The van der Waals surface area contributed by atoms with E-state index in [9.17, 15) is 39.0 Å². The lowest BCUT2D eigenvalue weighted by Crippen LogP contribution is -2.76. The predicted octanol–water partition coefficient (Wildman–Crippen LogP) is 3.99. The zero-order valence-electron chi connectivity index (χ0n) is 42.2. The van der Waals surface area contributed by atoms with Gasteiger partial charge < -0.3 is 43.4 Å². The molecule has 0 aromatic rings. The molecular formula is C52H68O18. The van der Waals surface area contributed by atoms with Crippen molar-refractivity contribution in [1.29, 1.82) is 0 Å². The largest absolute Gasteiger partial charge is 0.483 e. The number of hydrogen-bond acceptors (Lipinski definition) is 18. The van der Waals surface area contributed by atoms with E-state index in [0.717, 1.165) is 5.57 Å². The molecule has 7 saturated carbocycles. The lowest BCUT2D eigenvalue weighted by atomic mass is 9.38. The Morgan fingerprint density at radius 2 is 1.04 bits per heavy atom. The molecule has 1 aliphatic heterocycles. The average molecular weight is 981 g/mol. The van der Waals surface area contributed by atoms with Gasteiger partial charge >= 0.3 is 35.8 Å². The van der Waals surface area contributed by atoms with E-state index >= 15 is 14.4 Å². The van der Waals surface area contributed by atoms with Crippen molar-refractivity contribution in [2.24, 2.45) is 68.0 Å². The highest BCUT2D eigenvalue weighted by atomic mass is 16.6. The minimum Gasteiger partial charge on any atom is -0.483 e. The van der Waals surface area contributed by atoms with Gasteiger partial charge in [-0.05, 0) is 50.0 Å². The second-order valence-corrected chi connectivity index (χ2v) is 24.0. The standard InChI is InChI=1S/C52H68O18/c1-21(53)64-30-15-27-19-51(39(30)48(11)34(67-24(4)56)17-32(59)46(7,8)41(48)37(61)44(51)69-26(6)58)43-29(27)13-14-52(70-43)28-16-31(65-22(2)54)38-49(12)35(68-25(5)57)18-33(66-23(3)55)47(9,10)40(49)36(60)42(62)50(38,20-28)45(52)63/h27-28,30-35,38-42,44,59,62H,13-20H2,1-12H3/t27-,28-,30+,31+,32+,33+,34+,35+,38+,39+,40-,41-,42+,44+,48+,49+,50-,51+,52+/m1/s1. The van der Waals surface area contributed by atoms with Gasteiger partial charge in [-0.25, -0.2) is 0 Å². The summed E-state index contributed by atoms with van der Waals surface area (Å²) in [5, 5.41) is 24.6. The van der Waals surface area contributed by atoms with Crippen molar-refractivity contribution >= 4 is 53.2 Å². The minimum atomic E-state index is -2.00. The van der Waals surface area contributed by atoms with Crippen molar-refractivity contribution in [3.63, 3.8) is 0 Å². The number of carbonyl (C=O) groups excluding carboxylic acids is 9. The summed E-state index contributed by atoms with van der Waals surface area (Å²) < 4.78 is 44.2. The number of esters is 6. The van der Waals surface area contributed by atoms with Crippen LogP contribution in [0.2, 0.25) is 0 Å². The van der Waals surface area contributed by atoms with E-state index in [1.165, 1.54) is 41.5 Å². The fraction of sp³-hybridized carbons (Fsp3) is 0.788. The lowest BCUT2D eigenvalue weighted by molar-refractivity contribution is -0.270. The first-order valence-electron chi connectivity index (χ1n) is 24.8. The minimum absolute atomic E-state index is 0.00674. The van der Waals surface area contributed by atoms with Gasteiger partial charge in [0, 0.05) is 106 Å². The number of ketones is 3. The lowest BCUT2D eigenvalue weighted by Gasteiger charge is -2.67. The topological polar surface area (TPSA) is 259 Å². The SMILES string of the molecule is CC(=O)O[C@H]1C[C@@H]2C[C@@]3(C(=O)[C@]24CCC2=C(O4)[C@]45C[C@H]2C[C@H](OC(C)=O)[C@H]4[C@]2(C)[C@@H](OC(C)=O)C[C@H](O)C(C)(C)[C@H]2C(=O)[C@@H]5OC(C)=O)[C@@H]1[C@]1(C)[C@@H](OC(C)=O)C[C@H](OC(C)=O)C(C)(C)[C@H]1C(=O)[C@@H]3O. The number of aliphatic hydroxyl groups is 2. The molecule has 0 saturated heterocycles. The summed E-state index contributed by atoms with van der Waals surface area (Å²) in [4.78, 5) is 126. The van der Waals surface area contributed by atoms with Gasteiger partial charge in [0.05, 0.1) is 16.9 Å². The van der Waals surface area contributed by atoms with Crippen molar-refractivity contribution in [2.75, 3.05) is 0 Å². The van der Waals surface area contributed by atoms with Gasteiger partial charge in [-0.2, -0.15) is 0 Å². The van der Waals surface area contributed by atoms with Crippen molar-refractivity contribution in [2.45, 2.75) is 189 Å². The molecule has 9 rings (SSSR count). The van der Waals surface area contributed by atoms with Crippen LogP contribution in [0.15, 0.2) is 11.3 Å². The summed E-state index contributed by atoms with van der Waals surface area (Å²) in [5.41, 5.74) is -10.1. The highest BCUT2D eigenvalue weighted by Crippen LogP contribution is 2.78. The van der Waals surface area contributed by atoms with E-state index in [4.69, 9.17) is 33.2 Å². The molecule has 0 radical (unpaired) electrons. The van der Waals surface area contributed by atoms with Gasteiger partial charge in [-0.3, -0.25) is 43.2 Å². The normalized spacial score (nSPS) is 46.7. The summed E-state index contributed by atoms with van der Waals surface area (Å²) in [6, 6.07) is 0. The fourth-order valence-corrected chi connectivity index (χ4v) is 18.0. The smallest absolute Gasteiger partial charge is 0.303 e. The number of Topliss-reactive ketones (excluding diaryl/α,β-unsaturated/α-hetero) is 3. The molecule has 9 aliphatic rings. The first kappa shape index (κ1) is 50.2.